The van der Waals surface area contributed by atoms with Crippen LogP contribution in [0.5, 0.6) is 0 Å². The van der Waals surface area contributed by atoms with E-state index in [-0.39, 0.29) is 18.5 Å². The molecule has 86 valence electrons. The molecule has 1 fully saturated rings. The van der Waals surface area contributed by atoms with Crippen LogP contribution in [0.3, 0.4) is 0 Å². The summed E-state index contributed by atoms with van der Waals surface area (Å²) in [6, 6.07) is 0.701. The Morgan fingerprint density at radius 1 is 1.73 bits per heavy atom. The topological polar surface area (TPSA) is 53.5 Å². The molecule has 0 spiro atoms. The Hall–Kier alpha value is -0.710. The molecular weight excluding hydrogens is 210 g/mol. The van der Waals surface area contributed by atoms with E-state index in [1.165, 1.54) is 0 Å². The van der Waals surface area contributed by atoms with Crippen molar-refractivity contribution in [3.63, 3.8) is 0 Å². The minimum atomic E-state index is -0.0140. The molecule has 2 N–H and O–H groups in total. The lowest BCUT2D eigenvalue weighted by Gasteiger charge is -2.07. The third-order valence-corrected chi connectivity index (χ3v) is 3.15. The van der Waals surface area contributed by atoms with Crippen LogP contribution in [0, 0.1) is 0 Å². The number of carbonyl (C=O) groups excluding carboxylic acids is 1. The van der Waals surface area contributed by atoms with Crippen molar-refractivity contribution in [1.82, 2.24) is 10.6 Å². The molecule has 15 heavy (non-hydrogen) atoms. The molecule has 0 aromatic carbocycles. The molecule has 1 saturated heterocycles. The Balaban J connectivity index is 2.29. The number of aliphatic imine (C=N–C) groups is 1. The van der Waals surface area contributed by atoms with Gasteiger partial charge in [-0.3, -0.25) is 9.79 Å². The van der Waals surface area contributed by atoms with Crippen LogP contribution in [0.1, 0.15) is 27.2 Å². The number of amidine groups is 1. The van der Waals surface area contributed by atoms with E-state index >= 15 is 0 Å². The number of thioether (sulfide) groups is 1. The van der Waals surface area contributed by atoms with E-state index in [9.17, 15) is 4.79 Å². The Morgan fingerprint density at radius 2 is 2.47 bits per heavy atom. The zero-order chi connectivity index (χ0) is 11.3. The van der Waals surface area contributed by atoms with Gasteiger partial charge in [-0.15, -0.1) is 0 Å². The molecule has 1 aliphatic heterocycles. The number of hydrogen-bond acceptors (Lipinski definition) is 3. The Morgan fingerprint density at radius 3 is 3.00 bits per heavy atom. The molecular formula is C10H19N3OS. The fourth-order valence-corrected chi connectivity index (χ4v) is 2.34. The average molecular weight is 229 g/mol. The van der Waals surface area contributed by atoms with Crippen LogP contribution in [-0.2, 0) is 4.79 Å². The van der Waals surface area contributed by atoms with E-state index in [1.54, 1.807) is 11.8 Å². The standard InChI is InChI=1S/C10H19N3OS/c1-4-8-6-15-10(13-8)11-5-9(14)12-7(2)3/h7-8H,4-6H2,1-3H3,(H,11,13)(H,12,14). The summed E-state index contributed by atoms with van der Waals surface area (Å²) in [5.74, 6) is 1.04. The van der Waals surface area contributed by atoms with Gasteiger partial charge < -0.3 is 10.6 Å². The molecule has 1 unspecified atom stereocenters. The third kappa shape index (κ3) is 4.55. The van der Waals surface area contributed by atoms with Crippen molar-refractivity contribution in [3.8, 4) is 0 Å². The maximum absolute atomic E-state index is 11.3. The van der Waals surface area contributed by atoms with Crippen molar-refractivity contribution >= 4 is 22.8 Å². The Kier molecular flexibility index (Phi) is 4.94. The lowest BCUT2D eigenvalue weighted by Crippen LogP contribution is -2.33. The first-order valence-corrected chi connectivity index (χ1v) is 6.33. The summed E-state index contributed by atoms with van der Waals surface area (Å²) >= 11 is 1.69. The van der Waals surface area contributed by atoms with Crippen LogP contribution in [-0.4, -0.2) is 35.5 Å². The van der Waals surface area contributed by atoms with Crippen LogP contribution >= 0.6 is 11.8 Å². The van der Waals surface area contributed by atoms with Crippen LogP contribution in [0.25, 0.3) is 0 Å². The SMILES string of the molecule is CCC1CSC(=NCC(=O)NC(C)C)N1. The first kappa shape index (κ1) is 12.4. The molecule has 4 nitrogen and oxygen atoms in total. The second kappa shape index (κ2) is 6.00. The predicted octanol–water partition coefficient (Wildman–Crippen LogP) is 0.982. The fourth-order valence-electron chi connectivity index (χ4n) is 1.26. The Labute approximate surface area is 95.3 Å². The lowest BCUT2D eigenvalue weighted by molar-refractivity contribution is -0.120. The molecule has 0 aromatic rings. The van der Waals surface area contributed by atoms with Gasteiger partial charge in [0.25, 0.3) is 0 Å². The molecule has 1 rings (SSSR count). The lowest BCUT2D eigenvalue weighted by atomic mass is 10.3. The minimum Gasteiger partial charge on any atom is -0.361 e. The highest BCUT2D eigenvalue weighted by Gasteiger charge is 2.18. The van der Waals surface area contributed by atoms with E-state index in [4.69, 9.17) is 0 Å². The Bertz CT molecular complexity index is 253. The van der Waals surface area contributed by atoms with Gasteiger partial charge in [-0.25, -0.2) is 0 Å². The van der Waals surface area contributed by atoms with Crippen LogP contribution in [0.4, 0.5) is 0 Å². The predicted molar refractivity (Wildman–Crippen MR) is 65.3 cm³/mol. The fraction of sp³-hybridized carbons (Fsp3) is 0.800. The van der Waals surface area contributed by atoms with Crippen molar-refractivity contribution in [2.24, 2.45) is 4.99 Å². The molecule has 0 aliphatic carbocycles. The van der Waals surface area contributed by atoms with Gasteiger partial charge in [0, 0.05) is 17.8 Å². The number of amides is 1. The largest absolute Gasteiger partial charge is 0.361 e. The van der Waals surface area contributed by atoms with Gasteiger partial charge in [0.15, 0.2) is 5.17 Å². The van der Waals surface area contributed by atoms with Crippen LogP contribution < -0.4 is 10.6 Å². The van der Waals surface area contributed by atoms with E-state index in [0.29, 0.717) is 6.04 Å². The molecule has 1 amide bonds. The highest BCUT2D eigenvalue weighted by atomic mass is 32.2. The maximum atomic E-state index is 11.3. The highest BCUT2D eigenvalue weighted by Crippen LogP contribution is 2.15. The summed E-state index contributed by atoms with van der Waals surface area (Å²) in [5, 5.41) is 6.99. The molecule has 0 aromatic heterocycles. The highest BCUT2D eigenvalue weighted by molar-refractivity contribution is 8.14. The number of rotatable bonds is 4. The summed E-state index contributed by atoms with van der Waals surface area (Å²) in [5.41, 5.74) is 0. The van der Waals surface area contributed by atoms with Gasteiger partial charge >= 0.3 is 0 Å². The molecule has 0 bridgehead atoms. The van der Waals surface area contributed by atoms with E-state index in [0.717, 1.165) is 17.3 Å². The minimum absolute atomic E-state index is 0.0140. The van der Waals surface area contributed by atoms with Crippen LogP contribution in [0.15, 0.2) is 4.99 Å². The summed E-state index contributed by atoms with van der Waals surface area (Å²) in [6.45, 7) is 6.26. The van der Waals surface area contributed by atoms with Crippen molar-refractivity contribution in [2.45, 2.75) is 39.3 Å². The number of nitrogens with one attached hydrogen (secondary N) is 2. The number of nitrogens with zero attached hydrogens (tertiary/aromatic N) is 1. The van der Waals surface area contributed by atoms with Crippen molar-refractivity contribution in [1.29, 1.82) is 0 Å². The van der Waals surface area contributed by atoms with Crippen molar-refractivity contribution < 1.29 is 4.79 Å². The molecule has 1 atom stereocenters. The maximum Gasteiger partial charge on any atom is 0.241 e. The number of hydrogen-bond donors (Lipinski definition) is 2. The van der Waals surface area contributed by atoms with E-state index in [2.05, 4.69) is 22.5 Å². The summed E-state index contributed by atoms with van der Waals surface area (Å²) < 4.78 is 0. The summed E-state index contributed by atoms with van der Waals surface area (Å²) in [7, 11) is 0. The smallest absolute Gasteiger partial charge is 0.241 e. The van der Waals surface area contributed by atoms with Gasteiger partial charge in [-0.1, -0.05) is 18.7 Å². The average Bonchev–Trinajstić information content (AvgIpc) is 2.61. The summed E-state index contributed by atoms with van der Waals surface area (Å²) in [4.78, 5) is 15.5. The van der Waals surface area contributed by atoms with Crippen molar-refractivity contribution in [2.75, 3.05) is 12.3 Å². The van der Waals surface area contributed by atoms with E-state index in [1.807, 2.05) is 13.8 Å². The zero-order valence-corrected chi connectivity index (χ0v) is 10.4. The molecule has 5 heteroatoms. The quantitative estimate of drug-likeness (QED) is 0.755. The van der Waals surface area contributed by atoms with Gasteiger partial charge in [-0.2, -0.15) is 0 Å². The second-order valence-corrected chi connectivity index (χ2v) is 4.91. The summed E-state index contributed by atoms with van der Waals surface area (Å²) in [6.07, 6.45) is 1.10. The van der Waals surface area contributed by atoms with Crippen LogP contribution in [0.2, 0.25) is 0 Å². The van der Waals surface area contributed by atoms with Gasteiger partial charge in [0.2, 0.25) is 5.91 Å². The van der Waals surface area contributed by atoms with E-state index < -0.39 is 0 Å². The van der Waals surface area contributed by atoms with Gasteiger partial charge in [0.1, 0.15) is 6.54 Å². The van der Waals surface area contributed by atoms with Crippen molar-refractivity contribution in [3.05, 3.63) is 0 Å². The molecule has 0 radical (unpaired) electrons. The molecule has 1 heterocycles. The first-order chi connectivity index (χ1) is 7.11. The first-order valence-electron chi connectivity index (χ1n) is 5.35. The molecule has 0 saturated carbocycles. The number of carbonyl (C=O) groups is 1. The third-order valence-electron chi connectivity index (χ3n) is 2.06. The second-order valence-electron chi connectivity index (χ2n) is 3.90. The monoisotopic (exact) mass is 229 g/mol. The zero-order valence-electron chi connectivity index (χ0n) is 9.54. The molecule has 1 aliphatic rings. The van der Waals surface area contributed by atoms with Gasteiger partial charge in [0.05, 0.1) is 0 Å². The normalized spacial score (nSPS) is 23.2. The van der Waals surface area contributed by atoms with Gasteiger partial charge in [-0.05, 0) is 20.3 Å².